The van der Waals surface area contributed by atoms with E-state index in [4.69, 9.17) is 4.74 Å². The van der Waals surface area contributed by atoms with Crippen molar-refractivity contribution < 1.29 is 9.53 Å². The van der Waals surface area contributed by atoms with E-state index in [9.17, 15) is 4.79 Å². The van der Waals surface area contributed by atoms with Crippen LogP contribution in [0.5, 0.6) is 0 Å². The normalized spacial score (nSPS) is 21.3. The van der Waals surface area contributed by atoms with Crippen molar-refractivity contribution in [1.29, 1.82) is 0 Å². The molecule has 1 fully saturated rings. The van der Waals surface area contributed by atoms with Gasteiger partial charge in [-0.1, -0.05) is 6.92 Å². The number of amides is 1. The maximum atomic E-state index is 12.3. The number of nitrogens with zero attached hydrogens (tertiary/aromatic N) is 5. The molecule has 0 aromatic carbocycles. The van der Waals surface area contributed by atoms with E-state index >= 15 is 0 Å². The highest BCUT2D eigenvalue weighted by molar-refractivity contribution is 5.75. The average molecular weight is 344 g/mol. The summed E-state index contributed by atoms with van der Waals surface area (Å²) in [6, 6.07) is 0.132. The summed E-state index contributed by atoms with van der Waals surface area (Å²) in [7, 11) is 0. The monoisotopic (exact) mass is 344 g/mol. The molecule has 2 aromatic heterocycles. The molecule has 25 heavy (non-hydrogen) atoms. The molecular formula is C17H24N6O2. The molecule has 0 saturated carbocycles. The highest BCUT2D eigenvalue weighted by Gasteiger charge is 2.34. The number of aromatic nitrogens is 5. The van der Waals surface area contributed by atoms with Gasteiger partial charge in [0.2, 0.25) is 5.91 Å². The molecule has 0 bridgehead atoms. The summed E-state index contributed by atoms with van der Waals surface area (Å²) in [6.07, 6.45) is 6.80. The molecule has 0 unspecified atom stereocenters. The fourth-order valence-electron chi connectivity index (χ4n) is 3.87. The lowest BCUT2D eigenvalue weighted by atomic mass is 9.98. The molecule has 1 amide bonds. The molecule has 2 aliphatic rings. The van der Waals surface area contributed by atoms with Gasteiger partial charge >= 0.3 is 0 Å². The van der Waals surface area contributed by atoms with Crippen LogP contribution in [0.3, 0.4) is 0 Å². The average Bonchev–Trinajstić information content (AvgIpc) is 3.31. The Morgan fingerprint density at radius 2 is 2.20 bits per heavy atom. The van der Waals surface area contributed by atoms with Crippen molar-refractivity contribution in [2.24, 2.45) is 0 Å². The van der Waals surface area contributed by atoms with E-state index in [2.05, 4.69) is 24.7 Å². The van der Waals surface area contributed by atoms with Crippen LogP contribution < -0.4 is 0 Å². The van der Waals surface area contributed by atoms with E-state index in [-0.39, 0.29) is 11.9 Å². The zero-order valence-corrected chi connectivity index (χ0v) is 14.5. The molecule has 1 saturated heterocycles. The van der Waals surface area contributed by atoms with Gasteiger partial charge in [-0.3, -0.25) is 4.79 Å². The molecule has 2 aromatic rings. The van der Waals surface area contributed by atoms with E-state index < -0.39 is 0 Å². The van der Waals surface area contributed by atoms with Crippen LogP contribution >= 0.6 is 0 Å². The predicted molar refractivity (Wildman–Crippen MR) is 89.9 cm³/mol. The lowest BCUT2D eigenvalue weighted by Crippen LogP contribution is -2.42. The molecule has 1 atom stereocenters. The van der Waals surface area contributed by atoms with Gasteiger partial charge in [0.25, 0.3) is 0 Å². The van der Waals surface area contributed by atoms with Gasteiger partial charge in [0, 0.05) is 50.4 Å². The third kappa shape index (κ3) is 3.18. The highest BCUT2D eigenvalue weighted by atomic mass is 16.5. The third-order valence-electron chi connectivity index (χ3n) is 5.17. The summed E-state index contributed by atoms with van der Waals surface area (Å²) >= 11 is 0. The minimum atomic E-state index is 0.132. The molecule has 8 heteroatoms. The molecule has 2 aliphatic heterocycles. The van der Waals surface area contributed by atoms with Crippen molar-refractivity contribution in [2.45, 2.75) is 51.1 Å². The summed E-state index contributed by atoms with van der Waals surface area (Å²) in [5.74, 6) is 2.48. The van der Waals surface area contributed by atoms with Crippen molar-refractivity contribution >= 4 is 5.91 Å². The molecule has 0 radical (unpaired) electrons. The Morgan fingerprint density at radius 1 is 1.36 bits per heavy atom. The first kappa shape index (κ1) is 16.3. The van der Waals surface area contributed by atoms with Crippen LogP contribution in [0, 0.1) is 0 Å². The second-order valence-electron chi connectivity index (χ2n) is 6.79. The number of H-pyrrole nitrogens is 1. The molecular weight excluding hydrogens is 320 g/mol. The fraction of sp³-hybridized carbons (Fsp3) is 0.647. The van der Waals surface area contributed by atoms with E-state index in [1.54, 1.807) is 6.33 Å². The van der Waals surface area contributed by atoms with E-state index in [1.807, 2.05) is 18.0 Å². The minimum Gasteiger partial charge on any atom is -0.381 e. The zero-order valence-electron chi connectivity index (χ0n) is 14.5. The van der Waals surface area contributed by atoms with Crippen molar-refractivity contribution in [3.8, 4) is 0 Å². The number of rotatable bonds is 4. The topological polar surface area (TPSA) is 88.9 Å². The highest BCUT2D eigenvalue weighted by Crippen LogP contribution is 2.32. The second kappa shape index (κ2) is 6.95. The van der Waals surface area contributed by atoms with Gasteiger partial charge in [-0.15, -0.1) is 10.2 Å². The lowest BCUT2D eigenvalue weighted by Gasteiger charge is -2.35. The molecule has 134 valence electrons. The van der Waals surface area contributed by atoms with Crippen LogP contribution in [-0.4, -0.2) is 55.3 Å². The summed E-state index contributed by atoms with van der Waals surface area (Å²) in [5, 5.41) is 8.95. The Hall–Kier alpha value is -2.22. The number of ether oxygens (including phenoxy) is 1. The van der Waals surface area contributed by atoms with Crippen molar-refractivity contribution in [3.05, 3.63) is 29.9 Å². The zero-order chi connectivity index (χ0) is 17.2. The summed E-state index contributed by atoms with van der Waals surface area (Å²) in [5.41, 5.74) is 1.06. The lowest BCUT2D eigenvalue weighted by molar-refractivity contribution is -0.133. The molecule has 4 heterocycles. The number of nitrogens with one attached hydrogen (secondary N) is 1. The maximum absolute atomic E-state index is 12.3. The van der Waals surface area contributed by atoms with Crippen LogP contribution in [0.4, 0.5) is 0 Å². The van der Waals surface area contributed by atoms with Crippen LogP contribution in [0.25, 0.3) is 0 Å². The first-order chi connectivity index (χ1) is 12.3. The number of carbonyl (C=O) groups is 1. The first-order valence-electron chi connectivity index (χ1n) is 9.02. The van der Waals surface area contributed by atoms with E-state index in [1.165, 1.54) is 0 Å². The minimum absolute atomic E-state index is 0.132. The molecule has 8 nitrogen and oxygen atoms in total. The Morgan fingerprint density at radius 3 is 2.92 bits per heavy atom. The fourth-order valence-corrected chi connectivity index (χ4v) is 3.87. The molecule has 1 N–H and O–H groups in total. The van der Waals surface area contributed by atoms with E-state index in [0.717, 1.165) is 49.8 Å². The third-order valence-corrected chi connectivity index (χ3v) is 5.17. The van der Waals surface area contributed by atoms with Crippen molar-refractivity contribution in [3.63, 3.8) is 0 Å². The predicted octanol–water partition coefficient (Wildman–Crippen LogP) is 1.43. The molecule has 0 spiro atoms. The summed E-state index contributed by atoms with van der Waals surface area (Å²) < 4.78 is 7.77. The SMILES string of the molecule is CCC(=O)N1Cc2nnc(C3CCOCC3)n2[C@H](Cc2cnc[nH]2)C1. The number of hydrogen-bond acceptors (Lipinski definition) is 5. The number of aromatic amines is 1. The van der Waals surface area contributed by atoms with E-state index in [0.29, 0.717) is 25.4 Å². The smallest absolute Gasteiger partial charge is 0.222 e. The Labute approximate surface area is 146 Å². The van der Waals surface area contributed by atoms with Gasteiger partial charge in [-0.25, -0.2) is 4.98 Å². The molecule has 0 aliphatic carbocycles. The molecule has 4 rings (SSSR count). The summed E-state index contributed by atoms with van der Waals surface area (Å²) in [4.78, 5) is 21.5. The van der Waals surface area contributed by atoms with Gasteiger partial charge in [0.15, 0.2) is 5.82 Å². The second-order valence-corrected chi connectivity index (χ2v) is 6.79. The van der Waals surface area contributed by atoms with Gasteiger partial charge in [-0.2, -0.15) is 0 Å². The van der Waals surface area contributed by atoms with Gasteiger partial charge in [0.05, 0.1) is 18.9 Å². The van der Waals surface area contributed by atoms with Gasteiger partial charge in [0.1, 0.15) is 5.82 Å². The Kier molecular flexibility index (Phi) is 4.52. The summed E-state index contributed by atoms with van der Waals surface area (Å²) in [6.45, 7) is 4.69. The van der Waals surface area contributed by atoms with Gasteiger partial charge < -0.3 is 19.2 Å². The van der Waals surface area contributed by atoms with Crippen LogP contribution in [-0.2, 0) is 22.5 Å². The van der Waals surface area contributed by atoms with Gasteiger partial charge in [-0.05, 0) is 12.8 Å². The van der Waals surface area contributed by atoms with Crippen LogP contribution in [0.2, 0.25) is 0 Å². The number of carbonyl (C=O) groups excluding carboxylic acids is 1. The van der Waals surface area contributed by atoms with Crippen molar-refractivity contribution in [1.82, 2.24) is 29.6 Å². The quantitative estimate of drug-likeness (QED) is 0.906. The number of fused-ring (bicyclic) bond motifs is 1. The number of imidazole rings is 1. The number of hydrogen-bond donors (Lipinski definition) is 1. The van der Waals surface area contributed by atoms with Crippen LogP contribution in [0.1, 0.15) is 55.5 Å². The Bertz CT molecular complexity index is 720. The largest absolute Gasteiger partial charge is 0.381 e. The van der Waals surface area contributed by atoms with Crippen LogP contribution in [0.15, 0.2) is 12.5 Å². The maximum Gasteiger partial charge on any atom is 0.222 e. The first-order valence-corrected chi connectivity index (χ1v) is 9.02. The Balaban J connectivity index is 1.66. The van der Waals surface area contributed by atoms with Crippen molar-refractivity contribution in [2.75, 3.05) is 19.8 Å². The standard InChI is InChI=1S/C17H24N6O2/c1-2-16(24)22-9-14(7-13-8-18-11-19-13)23-15(10-22)20-21-17(23)12-3-5-25-6-4-12/h8,11-12,14H,2-7,9-10H2,1H3,(H,18,19)/t14-/m1/s1.